The molecule has 0 aromatic heterocycles. The van der Waals surface area contributed by atoms with E-state index in [4.69, 9.17) is 23.3 Å². The summed E-state index contributed by atoms with van der Waals surface area (Å²) < 4.78 is 39.6. The maximum atomic E-state index is 12.9. The van der Waals surface area contributed by atoms with Gasteiger partial charge in [0.2, 0.25) is 0 Å². The molecular weight excluding hydrogens is 1020 g/mol. The van der Waals surface area contributed by atoms with Gasteiger partial charge >= 0.3 is 25.7 Å². The van der Waals surface area contributed by atoms with Crippen LogP contribution in [0, 0.1) is 0 Å². The predicted molar refractivity (Wildman–Crippen MR) is 334 cm³/mol. The van der Waals surface area contributed by atoms with Gasteiger partial charge in [-0.2, -0.15) is 0 Å². The Kier molecular flexibility index (Phi) is 56.9. The summed E-state index contributed by atoms with van der Waals surface area (Å²) in [5, 5.41) is 9.84. The van der Waals surface area contributed by atoms with Crippen LogP contribution < -0.4 is 0 Å². The molecule has 0 radical (unpaired) electrons. The third-order valence-electron chi connectivity index (χ3n) is 12.2. The van der Waals surface area contributed by atoms with Crippen LogP contribution in [0.3, 0.4) is 0 Å². The summed E-state index contributed by atoms with van der Waals surface area (Å²) in [5.41, 5.74) is 0. The van der Waals surface area contributed by atoms with E-state index in [9.17, 15) is 28.9 Å². The van der Waals surface area contributed by atoms with Crippen LogP contribution in [-0.4, -0.2) is 66.5 Å². The highest BCUT2D eigenvalue weighted by Crippen LogP contribution is 2.43. The molecule has 0 fully saturated rings. The number of ether oxygens (including phenoxy) is 3. The van der Waals surface area contributed by atoms with Gasteiger partial charge in [-0.25, -0.2) is 4.57 Å². The summed E-state index contributed by atoms with van der Waals surface area (Å²) in [5.74, 6) is -1.55. The van der Waals surface area contributed by atoms with Crippen molar-refractivity contribution in [3.63, 3.8) is 0 Å². The Balaban J connectivity index is 4.82. The Hall–Kier alpha value is -4.64. The monoisotopic (exact) mass is 1130 g/mol. The number of phosphoric ester groups is 1. The molecule has 0 heterocycles. The maximum Gasteiger partial charge on any atom is 0.472 e. The minimum absolute atomic E-state index is 0.126. The van der Waals surface area contributed by atoms with Gasteiger partial charge in [-0.3, -0.25) is 23.4 Å². The highest BCUT2D eigenvalue weighted by molar-refractivity contribution is 7.47. The van der Waals surface area contributed by atoms with Crippen molar-refractivity contribution >= 4 is 25.7 Å². The van der Waals surface area contributed by atoms with Gasteiger partial charge in [0.1, 0.15) is 12.7 Å². The molecule has 0 spiro atoms. The first-order chi connectivity index (χ1) is 39.2. The first-order valence-electron chi connectivity index (χ1n) is 30.7. The molecule has 0 bridgehead atoms. The van der Waals surface area contributed by atoms with Gasteiger partial charge in [-0.15, -0.1) is 0 Å². The zero-order chi connectivity index (χ0) is 58.3. The van der Waals surface area contributed by atoms with Crippen LogP contribution in [0.15, 0.2) is 146 Å². The molecule has 0 rings (SSSR count). The fourth-order valence-electron chi connectivity index (χ4n) is 7.68. The molecule has 0 aromatic carbocycles. The molecular formula is C68H109O11P. The van der Waals surface area contributed by atoms with Crippen molar-refractivity contribution in [2.45, 2.75) is 238 Å². The summed E-state index contributed by atoms with van der Waals surface area (Å²) in [4.78, 5) is 48.7. The molecule has 0 amide bonds. The number of hydrogen-bond acceptors (Lipinski definition) is 10. The van der Waals surface area contributed by atoms with Gasteiger partial charge < -0.3 is 24.2 Å². The van der Waals surface area contributed by atoms with Crippen LogP contribution >= 0.6 is 7.82 Å². The molecule has 0 saturated heterocycles. The molecule has 0 aliphatic carbocycles. The highest BCUT2D eigenvalue weighted by atomic mass is 31.2. The van der Waals surface area contributed by atoms with Gasteiger partial charge in [0, 0.05) is 19.3 Å². The molecule has 0 aromatic rings. The van der Waals surface area contributed by atoms with Gasteiger partial charge in [0.05, 0.1) is 19.8 Å². The Labute approximate surface area is 486 Å². The van der Waals surface area contributed by atoms with E-state index in [1.807, 2.05) is 0 Å². The molecule has 3 unspecified atom stereocenters. The lowest BCUT2D eigenvalue weighted by atomic mass is 10.1. The van der Waals surface area contributed by atoms with Crippen molar-refractivity contribution in [3.8, 4) is 0 Å². The molecule has 80 heavy (non-hydrogen) atoms. The summed E-state index contributed by atoms with van der Waals surface area (Å²) in [6, 6.07) is 0. The lowest BCUT2D eigenvalue weighted by Crippen LogP contribution is -2.30. The maximum absolute atomic E-state index is 12.9. The molecule has 0 saturated carbocycles. The second kappa shape index (κ2) is 60.5. The Morgan fingerprint density at radius 2 is 0.613 bits per heavy atom. The van der Waals surface area contributed by atoms with E-state index in [1.54, 1.807) is 0 Å². The number of phosphoric acid groups is 1. The summed E-state index contributed by atoms with van der Waals surface area (Å²) in [7, 11) is -4.78. The SMILES string of the molecule is CC/C=C\C/C=C\C/C=C\C/C=C\CCCCCCCCC(=O)OCC(COP(=O)(O)OCC(CO)OC(=O)CCCCCC/C=C\C/C=C\C/C=C\C/C=C\CC)OC(=O)CCCCCC/C=C\C/C=C\C/C=C\C/C=C\CC. The van der Waals surface area contributed by atoms with E-state index in [-0.39, 0.29) is 25.9 Å². The van der Waals surface area contributed by atoms with Gasteiger partial charge in [0.25, 0.3) is 0 Å². The van der Waals surface area contributed by atoms with E-state index in [2.05, 4.69) is 167 Å². The van der Waals surface area contributed by atoms with Crippen LogP contribution in [0.5, 0.6) is 0 Å². The zero-order valence-corrected chi connectivity index (χ0v) is 50.9. The average Bonchev–Trinajstić information content (AvgIpc) is 3.45. The number of rotatable bonds is 55. The smallest absolute Gasteiger partial charge is 0.462 e. The summed E-state index contributed by atoms with van der Waals surface area (Å²) >= 11 is 0. The predicted octanol–water partition coefficient (Wildman–Crippen LogP) is 18.7. The summed E-state index contributed by atoms with van der Waals surface area (Å²) in [6.45, 7) is 4.22. The number of aliphatic hydroxyl groups is 1. The largest absolute Gasteiger partial charge is 0.472 e. The molecule has 12 heteroatoms. The van der Waals surface area contributed by atoms with Gasteiger partial charge in [-0.05, 0) is 135 Å². The van der Waals surface area contributed by atoms with Crippen LogP contribution in [0.1, 0.15) is 226 Å². The number of aliphatic hydroxyl groups excluding tert-OH is 1. The quantitative estimate of drug-likeness (QED) is 0.0197. The molecule has 0 aliphatic heterocycles. The summed E-state index contributed by atoms with van der Waals surface area (Å²) in [6.07, 6.45) is 77.9. The Bertz CT molecular complexity index is 1900. The zero-order valence-electron chi connectivity index (χ0n) is 50.0. The van der Waals surface area contributed by atoms with Crippen LogP contribution in [-0.2, 0) is 42.2 Å². The van der Waals surface area contributed by atoms with Crippen molar-refractivity contribution < 1.29 is 52.2 Å². The van der Waals surface area contributed by atoms with Crippen molar-refractivity contribution in [2.24, 2.45) is 0 Å². The third kappa shape index (κ3) is 58.0. The first-order valence-corrected chi connectivity index (χ1v) is 32.2. The lowest BCUT2D eigenvalue weighted by Gasteiger charge is -2.21. The van der Waals surface area contributed by atoms with Crippen LogP contribution in [0.2, 0.25) is 0 Å². The number of unbranched alkanes of at least 4 members (excludes halogenated alkanes) is 14. The van der Waals surface area contributed by atoms with E-state index in [1.165, 1.54) is 0 Å². The molecule has 0 aliphatic rings. The van der Waals surface area contributed by atoms with E-state index in [0.29, 0.717) is 19.3 Å². The Morgan fingerprint density at radius 3 is 0.938 bits per heavy atom. The van der Waals surface area contributed by atoms with E-state index < -0.39 is 57.8 Å². The van der Waals surface area contributed by atoms with Gasteiger partial charge in [0.15, 0.2) is 6.10 Å². The standard InChI is InChI=1S/C68H109O11P/c1-4-7-10-13-16-19-22-25-28-31-32-35-36-39-42-45-48-51-54-57-66(70)75-61-65(79-68(72)59-56-53-50-47-44-41-38-34-30-27-24-21-18-15-12-9-6-3)63-77-80(73,74)76-62-64(60-69)78-67(71)58-55-52-49-46-43-40-37-33-29-26-23-20-17-14-11-8-5-2/h7-12,16-21,25-30,32,35,37-38,40-41,64-65,69H,4-6,13-15,22-24,31,33-34,36,39,42-63H2,1-3H3,(H,73,74)/b10-7-,11-8-,12-9-,19-16-,20-17-,21-18-,28-25-,29-26-,30-27-,35-32-,40-37-,41-38-. The minimum Gasteiger partial charge on any atom is -0.462 e. The number of hydrogen-bond donors (Lipinski definition) is 2. The van der Waals surface area contributed by atoms with Crippen molar-refractivity contribution in [1.29, 1.82) is 0 Å². The lowest BCUT2D eigenvalue weighted by molar-refractivity contribution is -0.161. The second-order valence-electron chi connectivity index (χ2n) is 19.7. The minimum atomic E-state index is -4.78. The van der Waals surface area contributed by atoms with Crippen molar-refractivity contribution in [2.75, 3.05) is 26.4 Å². The van der Waals surface area contributed by atoms with Crippen LogP contribution in [0.4, 0.5) is 0 Å². The number of allylic oxidation sites excluding steroid dienone is 24. The number of carbonyl (C=O) groups is 3. The first kappa shape index (κ1) is 75.4. The van der Waals surface area contributed by atoms with Crippen molar-refractivity contribution in [3.05, 3.63) is 146 Å². The molecule has 3 atom stereocenters. The fourth-order valence-corrected chi connectivity index (χ4v) is 8.47. The fraction of sp³-hybridized carbons (Fsp3) is 0.603. The molecule has 11 nitrogen and oxygen atoms in total. The third-order valence-corrected chi connectivity index (χ3v) is 13.2. The highest BCUT2D eigenvalue weighted by Gasteiger charge is 2.28. The van der Waals surface area contributed by atoms with E-state index >= 15 is 0 Å². The topological polar surface area (TPSA) is 155 Å². The second-order valence-corrected chi connectivity index (χ2v) is 21.2. The van der Waals surface area contributed by atoms with Crippen molar-refractivity contribution in [1.82, 2.24) is 0 Å². The molecule has 452 valence electrons. The Morgan fingerprint density at radius 1 is 0.350 bits per heavy atom. The molecule has 2 N–H and O–H groups in total. The van der Waals surface area contributed by atoms with E-state index in [0.717, 1.165) is 167 Å². The van der Waals surface area contributed by atoms with Gasteiger partial charge in [-0.1, -0.05) is 218 Å². The normalized spacial score (nSPS) is 14.3. The van der Waals surface area contributed by atoms with Crippen LogP contribution in [0.25, 0.3) is 0 Å². The number of esters is 3. The number of carbonyl (C=O) groups excluding carboxylic acids is 3. The average molecular weight is 1130 g/mol.